The predicted molar refractivity (Wildman–Crippen MR) is 163 cm³/mol. The van der Waals surface area contributed by atoms with Crippen LogP contribution < -0.4 is 21.5 Å². The zero-order chi connectivity index (χ0) is 30.3. The van der Waals surface area contributed by atoms with Crippen molar-refractivity contribution in [3.8, 4) is 0 Å². The maximum absolute atomic E-state index is 14.1. The third-order valence-electron chi connectivity index (χ3n) is 7.46. The number of fused-ring (bicyclic) bond motifs is 2. The van der Waals surface area contributed by atoms with Gasteiger partial charge in [-0.25, -0.2) is 9.59 Å². The van der Waals surface area contributed by atoms with E-state index < -0.39 is 22.9 Å². The third-order valence-corrected chi connectivity index (χ3v) is 7.46. The summed E-state index contributed by atoms with van der Waals surface area (Å²) in [4.78, 5) is 47.1. The first kappa shape index (κ1) is 29.2. The monoisotopic (exact) mass is 576 g/mol. The highest BCUT2D eigenvalue weighted by molar-refractivity contribution is 5.82. The molecule has 0 aliphatic carbocycles. The number of allylic oxidation sites excluding steroid dienone is 2. The van der Waals surface area contributed by atoms with E-state index in [-0.39, 0.29) is 12.6 Å². The molecule has 0 spiro atoms. The number of hydrogen-bond acceptors (Lipinski definition) is 7. The summed E-state index contributed by atoms with van der Waals surface area (Å²) in [5.41, 5.74) is 1.88. The summed E-state index contributed by atoms with van der Waals surface area (Å²) in [5, 5.41) is 8.49. The first-order chi connectivity index (χ1) is 19.8. The van der Waals surface area contributed by atoms with Crippen LogP contribution in [0.15, 0.2) is 45.5 Å². The number of imidazole rings is 1. The molecule has 12 nitrogen and oxygen atoms in total. The van der Waals surface area contributed by atoms with E-state index in [1.54, 1.807) is 11.7 Å². The minimum absolute atomic E-state index is 0.0392. The summed E-state index contributed by atoms with van der Waals surface area (Å²) in [5.74, 6) is 0.589. The van der Waals surface area contributed by atoms with Crippen molar-refractivity contribution >= 4 is 34.1 Å². The Bertz CT molecular complexity index is 1800. The summed E-state index contributed by atoms with van der Waals surface area (Å²) in [6.07, 6.45) is 3.20. The molecule has 0 saturated carbocycles. The highest BCUT2D eigenvalue weighted by Gasteiger charge is 2.29. The number of para-hydroxylation sites is 1. The third kappa shape index (κ3) is 5.70. The summed E-state index contributed by atoms with van der Waals surface area (Å²) in [6, 6.07) is 7.61. The Kier molecular flexibility index (Phi) is 7.74. The fourth-order valence-electron chi connectivity index (χ4n) is 5.49. The molecule has 1 aliphatic heterocycles. The summed E-state index contributed by atoms with van der Waals surface area (Å²) in [7, 11) is 3.49. The Morgan fingerprint density at radius 2 is 1.88 bits per heavy atom. The molecule has 4 heterocycles. The van der Waals surface area contributed by atoms with Crippen LogP contribution in [-0.2, 0) is 31.9 Å². The molecule has 0 radical (unpaired) electrons. The van der Waals surface area contributed by atoms with Gasteiger partial charge in [-0.05, 0) is 53.5 Å². The molecule has 5 rings (SSSR count). The number of carbonyl (C=O) groups excluding carboxylic acids is 1. The number of nitrogens with one attached hydrogen (secondary N) is 1. The Morgan fingerprint density at radius 1 is 1.14 bits per heavy atom. The molecule has 3 aromatic heterocycles. The zero-order valence-electron chi connectivity index (χ0n) is 25.5. The van der Waals surface area contributed by atoms with Crippen molar-refractivity contribution in [2.24, 2.45) is 14.1 Å². The van der Waals surface area contributed by atoms with Gasteiger partial charge in [-0.3, -0.25) is 18.6 Å². The number of anilines is 1. The molecule has 1 fully saturated rings. The zero-order valence-corrected chi connectivity index (χ0v) is 25.5. The van der Waals surface area contributed by atoms with E-state index in [1.165, 1.54) is 9.13 Å². The SMILES string of the molecule is CC(C)=CCn1c(N2CCCC(NC(=O)OC(C)(C)C)C2)nc2c1c(=O)n(Cc1nn(C)c3ccccc13)c(=O)n2C. The van der Waals surface area contributed by atoms with Crippen LogP contribution in [0.5, 0.6) is 0 Å². The van der Waals surface area contributed by atoms with E-state index in [0.29, 0.717) is 42.4 Å². The van der Waals surface area contributed by atoms with Crippen molar-refractivity contribution in [2.45, 2.75) is 72.2 Å². The van der Waals surface area contributed by atoms with Gasteiger partial charge in [-0.1, -0.05) is 29.8 Å². The topological polar surface area (TPSA) is 121 Å². The van der Waals surface area contributed by atoms with E-state index in [2.05, 4.69) is 15.3 Å². The highest BCUT2D eigenvalue weighted by atomic mass is 16.6. The minimum atomic E-state index is -0.594. The molecule has 1 saturated heterocycles. The van der Waals surface area contributed by atoms with Gasteiger partial charge < -0.3 is 19.5 Å². The molecule has 4 aromatic rings. The second-order valence-corrected chi connectivity index (χ2v) is 12.2. The van der Waals surface area contributed by atoms with Crippen LogP contribution in [0.3, 0.4) is 0 Å². The second-order valence-electron chi connectivity index (χ2n) is 12.2. The van der Waals surface area contributed by atoms with Gasteiger partial charge in [0.1, 0.15) is 5.60 Å². The standard InChI is InChI=1S/C30H40N8O4/c1-19(2)14-16-37-24-25(32-27(37)36-15-10-11-20(17-36)31-28(40)42-30(3,4)5)34(6)29(41)38(26(24)39)18-22-21-12-8-9-13-23(21)35(7)33-22/h8-9,12-14,20H,10-11,15-18H2,1-7H3,(H,31,40). The number of aryl methyl sites for hydroxylation is 2. The Balaban J connectivity index is 1.58. The number of aromatic nitrogens is 6. The number of carbonyl (C=O) groups is 1. The van der Waals surface area contributed by atoms with Gasteiger partial charge in [-0.2, -0.15) is 10.1 Å². The van der Waals surface area contributed by atoms with Crippen LogP contribution in [0.4, 0.5) is 10.7 Å². The number of amides is 1. The van der Waals surface area contributed by atoms with Crippen LogP contribution in [-0.4, -0.2) is 59.3 Å². The van der Waals surface area contributed by atoms with Crippen LogP contribution in [0, 0.1) is 0 Å². The molecule has 1 atom stereocenters. The van der Waals surface area contributed by atoms with E-state index in [0.717, 1.165) is 29.3 Å². The molecule has 42 heavy (non-hydrogen) atoms. The van der Waals surface area contributed by atoms with Crippen LogP contribution in [0.2, 0.25) is 0 Å². The maximum atomic E-state index is 14.1. The van der Waals surface area contributed by atoms with E-state index in [4.69, 9.17) is 9.72 Å². The van der Waals surface area contributed by atoms with Crippen LogP contribution >= 0.6 is 0 Å². The maximum Gasteiger partial charge on any atom is 0.407 e. The first-order valence-electron chi connectivity index (χ1n) is 14.3. The second kappa shape index (κ2) is 11.1. The van der Waals surface area contributed by atoms with Gasteiger partial charge >= 0.3 is 11.8 Å². The van der Waals surface area contributed by atoms with Gasteiger partial charge in [0.2, 0.25) is 5.95 Å². The fraction of sp³-hybridized carbons (Fsp3) is 0.500. The molecule has 1 N–H and O–H groups in total. The molecular formula is C30H40N8O4. The number of ether oxygens (including phenoxy) is 1. The van der Waals surface area contributed by atoms with Crippen molar-refractivity contribution in [3.63, 3.8) is 0 Å². The summed E-state index contributed by atoms with van der Waals surface area (Å²) < 4.78 is 11.8. The van der Waals surface area contributed by atoms with Crippen LogP contribution in [0.1, 0.15) is 53.2 Å². The summed E-state index contributed by atoms with van der Waals surface area (Å²) >= 11 is 0. The highest BCUT2D eigenvalue weighted by Crippen LogP contribution is 2.24. The number of alkyl carbamates (subject to hydrolysis) is 1. The number of hydrogen-bond donors (Lipinski definition) is 1. The number of nitrogens with zero attached hydrogens (tertiary/aromatic N) is 7. The number of rotatable bonds is 6. The fourth-order valence-corrected chi connectivity index (χ4v) is 5.49. The van der Waals surface area contributed by atoms with Crippen molar-refractivity contribution in [3.05, 3.63) is 62.4 Å². The average Bonchev–Trinajstić information content (AvgIpc) is 3.46. The number of benzene rings is 1. The molecular weight excluding hydrogens is 536 g/mol. The summed E-state index contributed by atoms with van der Waals surface area (Å²) in [6.45, 7) is 11.1. The lowest BCUT2D eigenvalue weighted by molar-refractivity contribution is 0.0499. The van der Waals surface area contributed by atoms with Crippen LogP contribution in [0.25, 0.3) is 22.1 Å². The quantitative estimate of drug-likeness (QED) is 0.350. The molecule has 1 aliphatic rings. The van der Waals surface area contributed by atoms with E-state index in [9.17, 15) is 14.4 Å². The van der Waals surface area contributed by atoms with Gasteiger partial charge in [0, 0.05) is 45.2 Å². The lowest BCUT2D eigenvalue weighted by Crippen LogP contribution is -2.49. The first-order valence-corrected chi connectivity index (χ1v) is 14.3. The molecule has 1 unspecified atom stereocenters. The van der Waals surface area contributed by atoms with Crippen molar-refractivity contribution < 1.29 is 9.53 Å². The molecule has 1 amide bonds. The van der Waals surface area contributed by atoms with Gasteiger partial charge in [-0.15, -0.1) is 0 Å². The largest absolute Gasteiger partial charge is 0.444 e. The van der Waals surface area contributed by atoms with E-state index >= 15 is 0 Å². The van der Waals surface area contributed by atoms with Crippen molar-refractivity contribution in [1.82, 2.24) is 33.8 Å². The molecule has 224 valence electrons. The minimum Gasteiger partial charge on any atom is -0.444 e. The van der Waals surface area contributed by atoms with Gasteiger partial charge in [0.25, 0.3) is 5.56 Å². The average molecular weight is 577 g/mol. The van der Waals surface area contributed by atoms with E-state index in [1.807, 2.05) is 76.6 Å². The normalized spacial score (nSPS) is 15.8. The molecule has 12 heteroatoms. The predicted octanol–water partition coefficient (Wildman–Crippen LogP) is 3.29. The number of piperidine rings is 1. The van der Waals surface area contributed by atoms with Gasteiger partial charge in [0.05, 0.1) is 17.8 Å². The van der Waals surface area contributed by atoms with Crippen molar-refractivity contribution in [2.75, 3.05) is 18.0 Å². The Labute approximate surface area is 244 Å². The Morgan fingerprint density at radius 3 is 2.60 bits per heavy atom. The lowest BCUT2D eigenvalue weighted by atomic mass is 10.1. The smallest absolute Gasteiger partial charge is 0.407 e. The Hall–Kier alpha value is -4.35. The lowest BCUT2D eigenvalue weighted by Gasteiger charge is -2.34. The van der Waals surface area contributed by atoms with Gasteiger partial charge in [0.15, 0.2) is 11.2 Å². The van der Waals surface area contributed by atoms with Crippen molar-refractivity contribution in [1.29, 1.82) is 0 Å². The molecule has 0 bridgehead atoms. The molecule has 1 aromatic carbocycles.